The van der Waals surface area contributed by atoms with Gasteiger partial charge in [0.25, 0.3) is 5.91 Å². The van der Waals surface area contributed by atoms with Gasteiger partial charge in [-0.15, -0.1) is 0 Å². The average Bonchev–Trinajstić information content (AvgIpc) is 3.40. The smallest absolute Gasteiger partial charge is 0.254 e. The van der Waals surface area contributed by atoms with Crippen LogP contribution in [0.25, 0.3) is 11.1 Å². The van der Waals surface area contributed by atoms with Crippen LogP contribution in [0.5, 0.6) is 0 Å². The minimum atomic E-state index is 0.184. The number of piperidine rings is 1. The summed E-state index contributed by atoms with van der Waals surface area (Å²) in [6, 6.07) is 8.39. The summed E-state index contributed by atoms with van der Waals surface area (Å²) in [7, 11) is 0. The molecule has 1 atom stereocenters. The summed E-state index contributed by atoms with van der Waals surface area (Å²) in [5.41, 5.74) is 2.93. The van der Waals surface area contributed by atoms with Gasteiger partial charge in [-0.25, -0.2) is 0 Å². The first-order chi connectivity index (χ1) is 13.2. The van der Waals surface area contributed by atoms with Crippen molar-refractivity contribution in [3.05, 3.63) is 42.2 Å². The van der Waals surface area contributed by atoms with Crippen LogP contribution in [0.15, 0.2) is 36.7 Å². The molecule has 2 fully saturated rings. The first-order valence-corrected chi connectivity index (χ1v) is 10.4. The van der Waals surface area contributed by atoms with Crippen LogP contribution in [0.4, 0.5) is 0 Å². The predicted octanol–water partition coefficient (Wildman–Crippen LogP) is 3.66. The maximum atomic E-state index is 13.3. The van der Waals surface area contributed by atoms with Gasteiger partial charge in [0, 0.05) is 43.0 Å². The van der Waals surface area contributed by atoms with Crippen molar-refractivity contribution in [2.45, 2.75) is 51.6 Å². The van der Waals surface area contributed by atoms with E-state index in [0.717, 1.165) is 49.2 Å². The number of rotatable bonds is 5. The molecule has 0 radical (unpaired) electrons. The van der Waals surface area contributed by atoms with E-state index >= 15 is 0 Å². The third-order valence-electron chi connectivity index (χ3n) is 5.96. The Balaban J connectivity index is 1.52. The SMILES string of the molecule is CCn1cc(-c2cccc(C(=O)N3CCCC[C@H]3CN3CCCC3)c2)cn1. The highest BCUT2D eigenvalue weighted by atomic mass is 16.2. The van der Waals surface area contributed by atoms with Crippen molar-refractivity contribution in [1.82, 2.24) is 19.6 Å². The molecule has 0 spiro atoms. The number of carbonyl (C=O) groups excluding carboxylic acids is 1. The number of aromatic nitrogens is 2. The Morgan fingerprint density at radius 1 is 1.11 bits per heavy atom. The van der Waals surface area contributed by atoms with Crippen molar-refractivity contribution >= 4 is 5.91 Å². The molecular formula is C22H30N4O. The fourth-order valence-electron chi connectivity index (χ4n) is 4.40. The fourth-order valence-corrected chi connectivity index (χ4v) is 4.40. The van der Waals surface area contributed by atoms with Gasteiger partial charge in [0.15, 0.2) is 0 Å². The van der Waals surface area contributed by atoms with E-state index in [0.29, 0.717) is 6.04 Å². The Hall–Kier alpha value is -2.14. The number of aryl methyl sites for hydroxylation is 1. The van der Waals surface area contributed by atoms with Crippen LogP contribution < -0.4 is 0 Å². The number of amides is 1. The van der Waals surface area contributed by atoms with Crippen LogP contribution in [0.2, 0.25) is 0 Å². The van der Waals surface area contributed by atoms with E-state index in [9.17, 15) is 4.79 Å². The van der Waals surface area contributed by atoms with Crippen molar-refractivity contribution in [3.63, 3.8) is 0 Å². The lowest BCUT2D eigenvalue weighted by Crippen LogP contribution is -2.49. The second kappa shape index (κ2) is 8.26. The molecular weight excluding hydrogens is 336 g/mol. The Morgan fingerprint density at radius 3 is 2.70 bits per heavy atom. The molecule has 5 heteroatoms. The lowest BCUT2D eigenvalue weighted by atomic mass is 9.99. The maximum Gasteiger partial charge on any atom is 0.254 e. The van der Waals surface area contributed by atoms with E-state index in [1.54, 1.807) is 0 Å². The van der Waals surface area contributed by atoms with Crippen LogP contribution >= 0.6 is 0 Å². The summed E-state index contributed by atoms with van der Waals surface area (Å²) in [4.78, 5) is 18.0. The Kier molecular flexibility index (Phi) is 5.58. The Labute approximate surface area is 162 Å². The first kappa shape index (κ1) is 18.2. The number of likely N-dealkylation sites (tertiary alicyclic amines) is 2. The highest BCUT2D eigenvalue weighted by Gasteiger charge is 2.29. The average molecular weight is 367 g/mol. The molecule has 4 rings (SSSR count). The first-order valence-electron chi connectivity index (χ1n) is 10.4. The number of carbonyl (C=O) groups is 1. The third kappa shape index (κ3) is 4.08. The predicted molar refractivity (Wildman–Crippen MR) is 108 cm³/mol. The van der Waals surface area contributed by atoms with Crippen molar-refractivity contribution < 1.29 is 4.79 Å². The van der Waals surface area contributed by atoms with Gasteiger partial charge in [0.05, 0.1) is 6.20 Å². The van der Waals surface area contributed by atoms with E-state index in [1.165, 1.54) is 32.4 Å². The number of benzene rings is 1. The van der Waals surface area contributed by atoms with Gasteiger partial charge < -0.3 is 9.80 Å². The quantitative estimate of drug-likeness (QED) is 0.811. The molecule has 0 unspecified atom stereocenters. The minimum absolute atomic E-state index is 0.184. The Bertz CT molecular complexity index is 778. The summed E-state index contributed by atoms with van der Waals surface area (Å²) < 4.78 is 1.92. The molecule has 144 valence electrons. The summed E-state index contributed by atoms with van der Waals surface area (Å²) in [6.07, 6.45) is 10.0. The molecule has 2 saturated heterocycles. The van der Waals surface area contributed by atoms with Crippen molar-refractivity contribution in [1.29, 1.82) is 0 Å². The normalized spacial score (nSPS) is 20.9. The summed E-state index contributed by atoms with van der Waals surface area (Å²) in [5.74, 6) is 0.184. The fraction of sp³-hybridized carbons (Fsp3) is 0.545. The van der Waals surface area contributed by atoms with E-state index in [-0.39, 0.29) is 5.91 Å². The minimum Gasteiger partial charge on any atom is -0.334 e. The molecule has 2 aliphatic rings. The van der Waals surface area contributed by atoms with Crippen molar-refractivity contribution in [3.8, 4) is 11.1 Å². The molecule has 0 bridgehead atoms. The Morgan fingerprint density at radius 2 is 1.93 bits per heavy atom. The zero-order valence-corrected chi connectivity index (χ0v) is 16.3. The van der Waals surface area contributed by atoms with Gasteiger partial charge in [0.2, 0.25) is 0 Å². The van der Waals surface area contributed by atoms with Gasteiger partial charge in [-0.05, 0) is 69.8 Å². The third-order valence-corrected chi connectivity index (χ3v) is 5.96. The van der Waals surface area contributed by atoms with Crippen LogP contribution in [0, 0.1) is 0 Å². The molecule has 0 aliphatic carbocycles. The van der Waals surface area contributed by atoms with Gasteiger partial charge in [-0.3, -0.25) is 9.48 Å². The van der Waals surface area contributed by atoms with Gasteiger partial charge in [-0.2, -0.15) is 5.10 Å². The maximum absolute atomic E-state index is 13.3. The molecule has 1 aromatic carbocycles. The lowest BCUT2D eigenvalue weighted by molar-refractivity contribution is 0.0560. The van der Waals surface area contributed by atoms with Crippen LogP contribution in [-0.4, -0.2) is 57.7 Å². The van der Waals surface area contributed by atoms with E-state index in [2.05, 4.69) is 27.9 Å². The van der Waals surface area contributed by atoms with E-state index in [1.807, 2.05) is 35.3 Å². The second-order valence-corrected chi connectivity index (χ2v) is 7.82. The summed E-state index contributed by atoms with van der Waals surface area (Å²) in [5, 5.41) is 4.36. The highest BCUT2D eigenvalue weighted by molar-refractivity contribution is 5.95. The van der Waals surface area contributed by atoms with E-state index < -0.39 is 0 Å². The van der Waals surface area contributed by atoms with Crippen LogP contribution in [0.3, 0.4) is 0 Å². The van der Waals surface area contributed by atoms with Gasteiger partial charge >= 0.3 is 0 Å². The zero-order valence-electron chi connectivity index (χ0n) is 16.3. The summed E-state index contributed by atoms with van der Waals surface area (Å²) >= 11 is 0. The number of nitrogens with zero attached hydrogens (tertiary/aromatic N) is 4. The van der Waals surface area contributed by atoms with Crippen LogP contribution in [-0.2, 0) is 6.54 Å². The molecule has 5 nitrogen and oxygen atoms in total. The monoisotopic (exact) mass is 366 g/mol. The topological polar surface area (TPSA) is 41.4 Å². The largest absolute Gasteiger partial charge is 0.334 e. The standard InChI is InChI=1S/C22H30N4O/c1-2-25-16-20(15-23-25)18-8-7-9-19(14-18)22(27)26-13-4-3-10-21(26)17-24-11-5-6-12-24/h7-9,14-16,21H,2-6,10-13,17H2,1H3/t21-/m0/s1. The molecule has 0 N–H and O–H groups in total. The van der Waals surface area contributed by atoms with E-state index in [4.69, 9.17) is 0 Å². The summed E-state index contributed by atoms with van der Waals surface area (Å²) in [6.45, 7) is 7.23. The van der Waals surface area contributed by atoms with Crippen molar-refractivity contribution in [2.75, 3.05) is 26.2 Å². The second-order valence-electron chi connectivity index (χ2n) is 7.82. The molecule has 2 aliphatic heterocycles. The molecule has 1 amide bonds. The van der Waals surface area contributed by atoms with Gasteiger partial charge in [0.1, 0.15) is 0 Å². The molecule has 3 heterocycles. The highest BCUT2D eigenvalue weighted by Crippen LogP contribution is 2.25. The molecule has 1 aromatic heterocycles. The molecule has 27 heavy (non-hydrogen) atoms. The van der Waals surface area contributed by atoms with Crippen LogP contribution in [0.1, 0.15) is 49.4 Å². The number of hydrogen-bond donors (Lipinski definition) is 0. The van der Waals surface area contributed by atoms with Crippen molar-refractivity contribution in [2.24, 2.45) is 0 Å². The number of hydrogen-bond acceptors (Lipinski definition) is 3. The zero-order chi connectivity index (χ0) is 18.6. The van der Waals surface area contributed by atoms with Gasteiger partial charge in [-0.1, -0.05) is 12.1 Å². The molecule has 2 aromatic rings. The lowest BCUT2D eigenvalue weighted by Gasteiger charge is -2.38. The molecule has 0 saturated carbocycles.